The number of primary amides is 1. The van der Waals surface area contributed by atoms with E-state index in [0.29, 0.717) is 12.1 Å². The lowest BCUT2D eigenvalue weighted by atomic mass is 10.1. The van der Waals surface area contributed by atoms with Crippen molar-refractivity contribution in [2.24, 2.45) is 5.73 Å². The van der Waals surface area contributed by atoms with Gasteiger partial charge in [-0.3, -0.25) is 4.79 Å². The summed E-state index contributed by atoms with van der Waals surface area (Å²) in [6.45, 7) is 0. The first kappa shape index (κ1) is 14.2. The molecule has 108 valence electrons. The van der Waals surface area contributed by atoms with Gasteiger partial charge in [-0.1, -0.05) is 0 Å². The van der Waals surface area contributed by atoms with Crippen molar-refractivity contribution in [2.45, 2.75) is 12.4 Å². The van der Waals surface area contributed by atoms with Crippen molar-refractivity contribution in [3.8, 4) is 0 Å². The summed E-state index contributed by atoms with van der Waals surface area (Å²) in [4.78, 5) is 13.0. The van der Waals surface area contributed by atoms with Gasteiger partial charge in [-0.2, -0.15) is 26.3 Å². The summed E-state index contributed by atoms with van der Waals surface area (Å²) in [5, 5.41) is -0.514. The van der Waals surface area contributed by atoms with Crippen molar-refractivity contribution in [1.29, 1.82) is 0 Å². The number of nitrogens with one attached hydrogen (secondary N) is 1. The summed E-state index contributed by atoms with van der Waals surface area (Å²) in [6, 6.07) is 1.89. The van der Waals surface area contributed by atoms with Gasteiger partial charge in [-0.05, 0) is 18.2 Å². The highest BCUT2D eigenvalue weighted by Crippen LogP contribution is 2.37. The van der Waals surface area contributed by atoms with Crippen molar-refractivity contribution in [1.82, 2.24) is 4.98 Å². The maximum Gasteiger partial charge on any atom is 0.432 e. The lowest BCUT2D eigenvalue weighted by molar-refractivity contribution is -0.141. The first-order valence-corrected chi connectivity index (χ1v) is 5.11. The SMILES string of the molecule is NC(=O)c1c(C(F)(F)F)[nH]c2ccc(C(F)(F)F)cc12. The topological polar surface area (TPSA) is 58.9 Å². The quantitative estimate of drug-likeness (QED) is 0.779. The Kier molecular flexibility index (Phi) is 2.95. The third kappa shape index (κ3) is 2.30. The minimum absolute atomic E-state index is 0.251. The van der Waals surface area contributed by atoms with E-state index in [4.69, 9.17) is 5.73 Å². The molecule has 1 aromatic carbocycles. The van der Waals surface area contributed by atoms with Crippen molar-refractivity contribution in [2.75, 3.05) is 0 Å². The maximum atomic E-state index is 12.7. The molecule has 0 bridgehead atoms. The van der Waals surface area contributed by atoms with E-state index in [9.17, 15) is 31.1 Å². The fourth-order valence-electron chi connectivity index (χ4n) is 1.84. The molecule has 1 amide bonds. The molecule has 1 heterocycles. The Morgan fingerprint density at radius 3 is 2.10 bits per heavy atom. The number of rotatable bonds is 1. The van der Waals surface area contributed by atoms with Gasteiger partial charge in [0.2, 0.25) is 0 Å². The van der Waals surface area contributed by atoms with Crippen molar-refractivity contribution >= 4 is 16.8 Å². The van der Waals surface area contributed by atoms with E-state index in [0.717, 1.165) is 6.07 Å². The number of carbonyl (C=O) groups is 1. The molecule has 0 spiro atoms. The van der Waals surface area contributed by atoms with E-state index in [1.54, 1.807) is 0 Å². The zero-order chi connectivity index (χ0) is 15.3. The number of nitrogens with two attached hydrogens (primary N) is 1. The minimum atomic E-state index is -4.93. The molecule has 0 unspecified atom stereocenters. The number of carbonyl (C=O) groups excluding carboxylic acids is 1. The van der Waals surface area contributed by atoms with Crippen LogP contribution in [0.25, 0.3) is 10.9 Å². The Morgan fingerprint density at radius 1 is 1.05 bits per heavy atom. The van der Waals surface area contributed by atoms with Gasteiger partial charge in [0.1, 0.15) is 5.69 Å². The number of aromatic nitrogens is 1. The zero-order valence-electron chi connectivity index (χ0n) is 9.49. The molecule has 9 heteroatoms. The van der Waals surface area contributed by atoms with Crippen molar-refractivity contribution in [3.63, 3.8) is 0 Å². The molecule has 3 nitrogen and oxygen atoms in total. The molecular formula is C11H6F6N2O. The van der Waals surface area contributed by atoms with Crippen LogP contribution in [0.15, 0.2) is 18.2 Å². The Morgan fingerprint density at radius 2 is 1.65 bits per heavy atom. The Labute approximate surface area is 107 Å². The molecule has 0 fully saturated rings. The molecule has 20 heavy (non-hydrogen) atoms. The van der Waals surface area contributed by atoms with E-state index in [2.05, 4.69) is 0 Å². The number of benzene rings is 1. The average Bonchev–Trinajstić information content (AvgIpc) is 2.65. The van der Waals surface area contributed by atoms with Crippen LogP contribution in [0.2, 0.25) is 0 Å². The smallest absolute Gasteiger partial charge is 0.366 e. The van der Waals surface area contributed by atoms with E-state index >= 15 is 0 Å². The number of fused-ring (bicyclic) bond motifs is 1. The van der Waals surface area contributed by atoms with E-state index < -0.39 is 40.5 Å². The van der Waals surface area contributed by atoms with Crippen LogP contribution in [0.4, 0.5) is 26.3 Å². The van der Waals surface area contributed by atoms with Crippen molar-refractivity contribution in [3.05, 3.63) is 35.0 Å². The van der Waals surface area contributed by atoms with Crippen LogP contribution >= 0.6 is 0 Å². The number of aromatic amines is 1. The molecule has 0 aliphatic heterocycles. The molecule has 0 saturated carbocycles. The highest BCUT2D eigenvalue weighted by molar-refractivity contribution is 6.07. The maximum absolute atomic E-state index is 12.7. The van der Waals surface area contributed by atoms with Gasteiger partial charge in [-0.15, -0.1) is 0 Å². The van der Waals surface area contributed by atoms with Crippen LogP contribution in [0.1, 0.15) is 21.6 Å². The summed E-state index contributed by atoms with van der Waals surface area (Å²) in [7, 11) is 0. The van der Waals surface area contributed by atoms with Crippen LogP contribution in [0.5, 0.6) is 0 Å². The lowest BCUT2D eigenvalue weighted by Gasteiger charge is -2.07. The molecule has 3 N–H and O–H groups in total. The van der Waals surface area contributed by atoms with Gasteiger partial charge in [0.05, 0.1) is 11.1 Å². The van der Waals surface area contributed by atoms with Crippen LogP contribution < -0.4 is 5.73 Å². The number of amides is 1. The third-order valence-electron chi connectivity index (χ3n) is 2.66. The molecule has 0 radical (unpaired) electrons. The molecular weight excluding hydrogens is 290 g/mol. The zero-order valence-corrected chi connectivity index (χ0v) is 9.49. The number of alkyl halides is 6. The largest absolute Gasteiger partial charge is 0.432 e. The molecule has 0 aliphatic carbocycles. The molecule has 0 saturated heterocycles. The summed E-state index contributed by atoms with van der Waals surface area (Å²) in [5.74, 6) is -1.46. The van der Waals surface area contributed by atoms with E-state index in [1.807, 2.05) is 4.98 Å². The molecule has 2 rings (SSSR count). The van der Waals surface area contributed by atoms with Gasteiger partial charge in [0.15, 0.2) is 0 Å². The summed E-state index contributed by atoms with van der Waals surface area (Å²) < 4.78 is 75.8. The molecule has 2 aromatic rings. The Bertz CT molecular complexity index is 683. The monoisotopic (exact) mass is 296 g/mol. The number of hydrogen-bond donors (Lipinski definition) is 2. The molecule has 1 aromatic heterocycles. The van der Waals surface area contributed by atoms with E-state index in [-0.39, 0.29) is 5.52 Å². The average molecular weight is 296 g/mol. The van der Waals surface area contributed by atoms with Gasteiger partial charge >= 0.3 is 12.4 Å². The van der Waals surface area contributed by atoms with E-state index in [1.165, 1.54) is 0 Å². The van der Waals surface area contributed by atoms with Crippen LogP contribution in [0.3, 0.4) is 0 Å². The second-order valence-electron chi connectivity index (χ2n) is 4.00. The highest BCUT2D eigenvalue weighted by atomic mass is 19.4. The van der Waals surface area contributed by atoms with Gasteiger partial charge in [0.25, 0.3) is 5.91 Å². The summed E-state index contributed by atoms with van der Waals surface area (Å²) in [6.07, 6.45) is -9.67. The number of halogens is 6. The van der Waals surface area contributed by atoms with Crippen molar-refractivity contribution < 1.29 is 31.1 Å². The van der Waals surface area contributed by atoms with Crippen LogP contribution in [-0.2, 0) is 12.4 Å². The van der Waals surface area contributed by atoms with Crippen LogP contribution in [-0.4, -0.2) is 10.9 Å². The predicted octanol–water partition coefficient (Wildman–Crippen LogP) is 3.30. The number of hydrogen-bond acceptors (Lipinski definition) is 1. The fourth-order valence-corrected chi connectivity index (χ4v) is 1.84. The highest BCUT2D eigenvalue weighted by Gasteiger charge is 2.39. The molecule has 0 aliphatic rings. The standard InChI is InChI=1S/C11H6F6N2O/c12-10(13,14)4-1-2-6-5(3-4)7(9(18)20)8(19-6)11(15,16)17/h1-3,19H,(H2,18,20). The Hall–Kier alpha value is -2.19. The Balaban J connectivity index is 2.81. The lowest BCUT2D eigenvalue weighted by Crippen LogP contribution is -2.18. The normalized spacial score (nSPS) is 12.9. The summed E-state index contributed by atoms with van der Waals surface area (Å²) >= 11 is 0. The summed E-state index contributed by atoms with van der Waals surface area (Å²) in [5.41, 5.74) is 0.963. The van der Waals surface area contributed by atoms with Gasteiger partial charge in [0, 0.05) is 10.9 Å². The predicted molar refractivity (Wildman–Crippen MR) is 56.8 cm³/mol. The van der Waals surface area contributed by atoms with Gasteiger partial charge < -0.3 is 10.7 Å². The first-order chi connectivity index (χ1) is 9.01. The minimum Gasteiger partial charge on any atom is -0.366 e. The second kappa shape index (κ2) is 4.15. The van der Waals surface area contributed by atoms with Crippen LogP contribution in [0, 0.1) is 0 Å². The third-order valence-corrected chi connectivity index (χ3v) is 2.66. The molecule has 0 atom stereocenters. The first-order valence-electron chi connectivity index (χ1n) is 5.11. The number of H-pyrrole nitrogens is 1. The fraction of sp³-hybridized carbons (Fsp3) is 0.182. The second-order valence-corrected chi connectivity index (χ2v) is 4.00. The van der Waals surface area contributed by atoms with Gasteiger partial charge in [-0.25, -0.2) is 0 Å².